The van der Waals surface area contributed by atoms with E-state index in [0.29, 0.717) is 6.54 Å². The molecular weight excluding hydrogens is 421 g/mol. The zero-order valence-electron chi connectivity index (χ0n) is 16.5. The quantitative estimate of drug-likeness (QED) is 0.536. The Morgan fingerprint density at radius 1 is 1.19 bits per heavy atom. The second-order valence-corrected chi connectivity index (χ2v) is 8.34. The Balaban J connectivity index is 1.31. The van der Waals surface area contributed by atoms with E-state index in [4.69, 9.17) is 5.73 Å². The van der Waals surface area contributed by atoms with Crippen LogP contribution in [0.5, 0.6) is 0 Å². The van der Waals surface area contributed by atoms with Gasteiger partial charge in [0.25, 0.3) is 5.91 Å². The second kappa shape index (κ2) is 9.04. The van der Waals surface area contributed by atoms with Crippen LogP contribution in [-0.4, -0.2) is 47.7 Å². The molecule has 0 aromatic heterocycles. The van der Waals surface area contributed by atoms with E-state index in [0.717, 1.165) is 23.7 Å². The number of rotatable bonds is 5. The van der Waals surface area contributed by atoms with Crippen LogP contribution < -0.4 is 26.6 Å². The van der Waals surface area contributed by atoms with Gasteiger partial charge in [-0.25, -0.2) is 4.39 Å². The van der Waals surface area contributed by atoms with Crippen molar-refractivity contribution in [1.82, 2.24) is 16.0 Å². The number of carbonyl (C=O) groups excluding carboxylic acids is 3. The Bertz CT molecular complexity index is 1020. The molecule has 0 saturated carbocycles. The summed E-state index contributed by atoms with van der Waals surface area (Å²) >= 11 is 1.21. The van der Waals surface area contributed by atoms with Crippen LogP contribution in [0.4, 0.5) is 10.1 Å². The highest BCUT2D eigenvalue weighted by molar-refractivity contribution is 8.00. The lowest BCUT2D eigenvalue weighted by Gasteiger charge is -2.35. The van der Waals surface area contributed by atoms with E-state index in [-0.39, 0.29) is 17.2 Å². The third kappa shape index (κ3) is 4.55. The first-order valence-electron chi connectivity index (χ1n) is 9.81. The number of carbonyl (C=O) groups is 3. The minimum Gasteiger partial charge on any atom is -0.338 e. The highest BCUT2D eigenvalue weighted by Gasteiger charge is 2.36. The molecule has 1 saturated heterocycles. The monoisotopic (exact) mass is 443 g/mol. The summed E-state index contributed by atoms with van der Waals surface area (Å²) in [4.78, 5) is 39.2. The number of amides is 3. The first-order chi connectivity index (χ1) is 14.9. The number of anilines is 1. The first kappa shape index (κ1) is 21.3. The minimum absolute atomic E-state index is 0.0606. The van der Waals surface area contributed by atoms with Gasteiger partial charge in [-0.15, -0.1) is 11.8 Å². The van der Waals surface area contributed by atoms with Crippen molar-refractivity contribution in [2.75, 3.05) is 17.2 Å². The van der Waals surface area contributed by atoms with Crippen LogP contribution in [-0.2, 0) is 16.0 Å². The molecule has 10 heteroatoms. The molecule has 3 amide bonds. The average Bonchev–Trinajstić information content (AvgIpc) is 3.19. The number of para-hydroxylation sites is 1. The molecule has 2 aromatic carbocycles. The molecule has 0 radical (unpaired) electrons. The molecule has 0 spiro atoms. The van der Waals surface area contributed by atoms with Crippen molar-refractivity contribution in [3.8, 4) is 0 Å². The number of thioether (sulfide) groups is 1. The van der Waals surface area contributed by atoms with E-state index in [9.17, 15) is 18.8 Å². The van der Waals surface area contributed by atoms with Crippen molar-refractivity contribution in [3.63, 3.8) is 0 Å². The van der Waals surface area contributed by atoms with Gasteiger partial charge in [-0.2, -0.15) is 0 Å². The molecule has 0 aliphatic carbocycles. The molecule has 0 bridgehead atoms. The summed E-state index contributed by atoms with van der Waals surface area (Å²) in [5.74, 6) is -1.84. The first-order valence-corrected chi connectivity index (χ1v) is 10.9. The summed E-state index contributed by atoms with van der Waals surface area (Å²) in [6.07, 6.45) is -0.0798. The minimum atomic E-state index is -1.08. The number of halogens is 1. The standard InChI is InChI=1S/C21H22FN5O3S/c22-14-7-3-2-6-13(14)19(29)24-17-18(23)25-21(26-20(17)30)31-11-16(28)27-10-9-12-5-1-4-8-15(12)27/h1-8,17-18,21,25H,9-11,23H2,(H,24,29)(H,26,30). The van der Waals surface area contributed by atoms with Gasteiger partial charge in [-0.1, -0.05) is 30.3 Å². The van der Waals surface area contributed by atoms with Gasteiger partial charge in [0.15, 0.2) is 0 Å². The molecule has 2 aliphatic heterocycles. The average molecular weight is 444 g/mol. The number of hydrogen-bond acceptors (Lipinski definition) is 6. The Morgan fingerprint density at radius 3 is 2.71 bits per heavy atom. The molecule has 5 N–H and O–H groups in total. The van der Waals surface area contributed by atoms with Crippen LogP contribution in [0.2, 0.25) is 0 Å². The maximum atomic E-state index is 13.8. The Morgan fingerprint density at radius 2 is 1.94 bits per heavy atom. The lowest BCUT2D eigenvalue weighted by Crippen LogP contribution is -2.70. The molecule has 3 atom stereocenters. The Labute approximate surface area is 182 Å². The molecule has 1 fully saturated rings. The van der Waals surface area contributed by atoms with E-state index < -0.39 is 35.3 Å². The summed E-state index contributed by atoms with van der Waals surface area (Å²) < 4.78 is 13.8. The number of nitrogens with two attached hydrogens (primary N) is 1. The predicted octanol–water partition coefficient (Wildman–Crippen LogP) is 0.534. The van der Waals surface area contributed by atoms with Gasteiger partial charge >= 0.3 is 0 Å². The van der Waals surface area contributed by atoms with Gasteiger partial charge in [-0.3, -0.25) is 19.7 Å². The fraction of sp³-hybridized carbons (Fsp3) is 0.286. The number of fused-ring (bicyclic) bond motifs is 1. The van der Waals surface area contributed by atoms with Crippen molar-refractivity contribution >= 4 is 35.2 Å². The van der Waals surface area contributed by atoms with Crippen LogP contribution in [0.1, 0.15) is 15.9 Å². The lowest BCUT2D eigenvalue weighted by molar-refractivity contribution is -0.125. The second-order valence-electron chi connectivity index (χ2n) is 7.25. The fourth-order valence-electron chi connectivity index (χ4n) is 3.63. The molecule has 2 heterocycles. The van der Waals surface area contributed by atoms with E-state index in [1.54, 1.807) is 4.90 Å². The van der Waals surface area contributed by atoms with Gasteiger partial charge in [0.1, 0.15) is 17.4 Å². The van der Waals surface area contributed by atoms with E-state index in [1.165, 1.54) is 30.0 Å². The number of benzene rings is 2. The number of nitrogens with one attached hydrogen (secondary N) is 3. The molecule has 3 unspecified atom stereocenters. The van der Waals surface area contributed by atoms with Crippen molar-refractivity contribution in [3.05, 3.63) is 65.5 Å². The maximum absolute atomic E-state index is 13.8. The predicted molar refractivity (Wildman–Crippen MR) is 116 cm³/mol. The third-order valence-corrected chi connectivity index (χ3v) is 6.23. The maximum Gasteiger partial charge on any atom is 0.254 e. The van der Waals surface area contributed by atoms with Crippen LogP contribution in [0.15, 0.2) is 48.5 Å². The van der Waals surface area contributed by atoms with Crippen molar-refractivity contribution < 1.29 is 18.8 Å². The summed E-state index contributed by atoms with van der Waals surface area (Å²) in [6.45, 7) is 0.632. The van der Waals surface area contributed by atoms with Crippen LogP contribution >= 0.6 is 11.8 Å². The van der Waals surface area contributed by atoms with Gasteiger partial charge in [0, 0.05) is 12.2 Å². The topological polar surface area (TPSA) is 117 Å². The largest absolute Gasteiger partial charge is 0.338 e. The van der Waals surface area contributed by atoms with Gasteiger partial charge < -0.3 is 21.3 Å². The molecular formula is C21H22FN5O3S. The molecule has 4 rings (SSSR count). The Hall–Kier alpha value is -2.95. The molecule has 2 aliphatic rings. The van der Waals surface area contributed by atoms with Gasteiger partial charge in [0.2, 0.25) is 11.8 Å². The van der Waals surface area contributed by atoms with Crippen molar-refractivity contribution in [2.45, 2.75) is 24.1 Å². The smallest absolute Gasteiger partial charge is 0.254 e. The van der Waals surface area contributed by atoms with E-state index in [1.807, 2.05) is 24.3 Å². The number of nitrogens with zero attached hydrogens (tertiary/aromatic N) is 1. The van der Waals surface area contributed by atoms with Crippen LogP contribution in [0.25, 0.3) is 0 Å². The summed E-state index contributed by atoms with van der Waals surface area (Å²) in [5.41, 5.74) is 7.32. The van der Waals surface area contributed by atoms with Gasteiger partial charge in [-0.05, 0) is 30.2 Å². The molecule has 8 nitrogen and oxygen atoms in total. The summed E-state index contributed by atoms with van der Waals surface area (Å²) in [5, 5.41) is 8.10. The fourth-order valence-corrected chi connectivity index (χ4v) is 4.55. The SMILES string of the molecule is NC1NC(SCC(=O)N2CCc3ccccc32)NC(=O)C1NC(=O)c1ccccc1F. The highest BCUT2D eigenvalue weighted by atomic mass is 32.2. The van der Waals surface area contributed by atoms with Crippen molar-refractivity contribution in [2.24, 2.45) is 5.73 Å². The van der Waals surface area contributed by atoms with Crippen molar-refractivity contribution in [1.29, 1.82) is 0 Å². The Kier molecular flexibility index (Phi) is 6.21. The zero-order chi connectivity index (χ0) is 22.0. The zero-order valence-corrected chi connectivity index (χ0v) is 17.3. The molecule has 31 heavy (non-hydrogen) atoms. The molecule has 162 valence electrons. The normalized spacial score (nSPS) is 22.6. The summed E-state index contributed by atoms with van der Waals surface area (Å²) in [6, 6.07) is 12.2. The molecule has 2 aromatic rings. The van der Waals surface area contributed by atoms with E-state index >= 15 is 0 Å². The van der Waals surface area contributed by atoms with Crippen LogP contribution in [0.3, 0.4) is 0 Å². The van der Waals surface area contributed by atoms with Crippen LogP contribution in [0, 0.1) is 5.82 Å². The van der Waals surface area contributed by atoms with E-state index in [2.05, 4.69) is 16.0 Å². The van der Waals surface area contributed by atoms with Gasteiger partial charge in [0.05, 0.1) is 17.5 Å². The summed E-state index contributed by atoms with van der Waals surface area (Å²) in [7, 11) is 0. The third-order valence-electron chi connectivity index (χ3n) is 5.23. The highest BCUT2D eigenvalue weighted by Crippen LogP contribution is 2.28. The number of hydrogen-bond donors (Lipinski definition) is 4. The lowest BCUT2D eigenvalue weighted by atomic mass is 10.1.